The van der Waals surface area contributed by atoms with E-state index >= 15 is 0 Å². The fraction of sp³-hybridized carbons (Fsp3) is 0.562. The molecule has 0 aliphatic heterocycles. The summed E-state index contributed by atoms with van der Waals surface area (Å²) in [5.74, 6) is -0.262. The number of amides is 1. The van der Waals surface area contributed by atoms with Crippen LogP contribution in [0.3, 0.4) is 0 Å². The van der Waals surface area contributed by atoms with Crippen LogP contribution in [-0.4, -0.2) is 11.9 Å². The molecule has 0 saturated heterocycles. The largest absolute Gasteiger partial charge is 0.370 e. The van der Waals surface area contributed by atoms with Crippen LogP contribution < -0.4 is 11.1 Å². The first-order valence-corrected chi connectivity index (χ1v) is 6.87. The number of rotatable bonds is 6. The monoisotopic (exact) mass is 262 g/mol. The second kappa shape index (κ2) is 6.71. The van der Waals surface area contributed by atoms with Crippen molar-refractivity contribution in [1.29, 1.82) is 0 Å². The maximum Gasteiger partial charge on any atom is 0.218 e. The molecule has 106 valence electrons. The Morgan fingerprint density at radius 2 is 1.84 bits per heavy atom. The molecule has 1 aromatic rings. The van der Waals surface area contributed by atoms with Crippen LogP contribution in [0.5, 0.6) is 0 Å². The van der Waals surface area contributed by atoms with Gasteiger partial charge in [-0.05, 0) is 24.3 Å². The highest BCUT2D eigenvalue weighted by Crippen LogP contribution is 2.29. The molecule has 0 radical (unpaired) electrons. The van der Waals surface area contributed by atoms with E-state index in [2.05, 4.69) is 38.2 Å². The Labute approximate surface area is 116 Å². The first kappa shape index (κ1) is 15.7. The fourth-order valence-corrected chi connectivity index (χ4v) is 2.27. The highest BCUT2D eigenvalue weighted by Gasteiger charge is 2.21. The Balaban J connectivity index is 2.78. The molecule has 0 aliphatic rings. The molecular formula is C16H26N2O. The van der Waals surface area contributed by atoms with Gasteiger partial charge in [-0.15, -0.1) is 0 Å². The molecule has 0 saturated carbocycles. The number of carbonyl (C=O) groups excluding carboxylic acids is 1. The SMILES string of the molecule is CC(CC(N)=O)NC(CC(C)(C)C)c1ccccc1. The minimum absolute atomic E-state index is 0.0880. The molecule has 0 spiro atoms. The van der Waals surface area contributed by atoms with E-state index < -0.39 is 0 Å². The molecule has 0 aliphatic carbocycles. The van der Waals surface area contributed by atoms with E-state index in [-0.39, 0.29) is 23.4 Å². The number of nitrogens with two attached hydrogens (primary N) is 1. The average Bonchev–Trinajstić information content (AvgIpc) is 2.26. The molecule has 2 unspecified atom stereocenters. The summed E-state index contributed by atoms with van der Waals surface area (Å²) in [6.45, 7) is 8.68. The van der Waals surface area contributed by atoms with Crippen LogP contribution in [0.25, 0.3) is 0 Å². The Morgan fingerprint density at radius 1 is 1.26 bits per heavy atom. The number of primary amides is 1. The van der Waals surface area contributed by atoms with Crippen LogP contribution in [0.4, 0.5) is 0 Å². The van der Waals surface area contributed by atoms with Crippen LogP contribution in [0.2, 0.25) is 0 Å². The second-order valence-corrected chi connectivity index (χ2v) is 6.47. The molecular weight excluding hydrogens is 236 g/mol. The van der Waals surface area contributed by atoms with Gasteiger partial charge < -0.3 is 11.1 Å². The quantitative estimate of drug-likeness (QED) is 0.828. The van der Waals surface area contributed by atoms with Gasteiger partial charge in [0.1, 0.15) is 0 Å². The normalized spacial score (nSPS) is 14.9. The van der Waals surface area contributed by atoms with Crippen LogP contribution in [0.15, 0.2) is 30.3 Å². The molecule has 0 aromatic heterocycles. The predicted molar refractivity (Wildman–Crippen MR) is 79.7 cm³/mol. The third-order valence-electron chi connectivity index (χ3n) is 3.01. The van der Waals surface area contributed by atoms with Crippen LogP contribution in [0, 0.1) is 5.41 Å². The van der Waals surface area contributed by atoms with Gasteiger partial charge >= 0.3 is 0 Å². The molecule has 3 nitrogen and oxygen atoms in total. The summed E-state index contributed by atoms with van der Waals surface area (Å²) in [5.41, 5.74) is 6.74. The zero-order valence-electron chi connectivity index (χ0n) is 12.4. The van der Waals surface area contributed by atoms with Crippen molar-refractivity contribution in [2.75, 3.05) is 0 Å². The van der Waals surface area contributed by atoms with Crippen molar-refractivity contribution in [3.63, 3.8) is 0 Å². The lowest BCUT2D eigenvalue weighted by molar-refractivity contribution is -0.118. The Kier molecular flexibility index (Phi) is 5.55. The number of nitrogens with one attached hydrogen (secondary N) is 1. The van der Waals surface area contributed by atoms with Crippen molar-refractivity contribution < 1.29 is 4.79 Å². The topological polar surface area (TPSA) is 55.1 Å². The number of hydrogen-bond acceptors (Lipinski definition) is 2. The minimum Gasteiger partial charge on any atom is -0.370 e. The molecule has 1 rings (SSSR count). The van der Waals surface area contributed by atoms with Gasteiger partial charge in [0, 0.05) is 18.5 Å². The Bertz CT molecular complexity index is 395. The molecule has 1 amide bonds. The summed E-state index contributed by atoms with van der Waals surface area (Å²) in [4.78, 5) is 11.0. The average molecular weight is 262 g/mol. The van der Waals surface area contributed by atoms with E-state index in [1.807, 2.05) is 25.1 Å². The van der Waals surface area contributed by atoms with E-state index in [0.717, 1.165) is 6.42 Å². The molecule has 19 heavy (non-hydrogen) atoms. The van der Waals surface area contributed by atoms with Gasteiger partial charge in [-0.1, -0.05) is 51.1 Å². The smallest absolute Gasteiger partial charge is 0.218 e. The summed E-state index contributed by atoms with van der Waals surface area (Å²) < 4.78 is 0. The molecule has 3 heteroatoms. The van der Waals surface area contributed by atoms with Crippen LogP contribution >= 0.6 is 0 Å². The van der Waals surface area contributed by atoms with Gasteiger partial charge in [-0.25, -0.2) is 0 Å². The summed E-state index contributed by atoms with van der Waals surface area (Å²) in [7, 11) is 0. The van der Waals surface area contributed by atoms with Gasteiger partial charge in [0.2, 0.25) is 5.91 Å². The van der Waals surface area contributed by atoms with Crippen LogP contribution in [0.1, 0.15) is 52.1 Å². The highest BCUT2D eigenvalue weighted by atomic mass is 16.1. The minimum atomic E-state index is -0.262. The van der Waals surface area contributed by atoms with Crippen LogP contribution in [-0.2, 0) is 4.79 Å². The first-order valence-electron chi connectivity index (χ1n) is 6.87. The number of benzene rings is 1. The fourth-order valence-electron chi connectivity index (χ4n) is 2.27. The van der Waals surface area contributed by atoms with E-state index in [0.29, 0.717) is 6.42 Å². The van der Waals surface area contributed by atoms with Crippen molar-refractivity contribution in [3.8, 4) is 0 Å². The lowest BCUT2D eigenvalue weighted by atomic mass is 9.85. The molecule has 2 atom stereocenters. The van der Waals surface area contributed by atoms with Gasteiger partial charge in [0.25, 0.3) is 0 Å². The summed E-state index contributed by atoms with van der Waals surface area (Å²) in [6, 6.07) is 10.7. The summed E-state index contributed by atoms with van der Waals surface area (Å²) >= 11 is 0. The molecule has 0 fully saturated rings. The molecule has 0 heterocycles. The summed E-state index contributed by atoms with van der Waals surface area (Å²) in [5, 5.41) is 3.52. The van der Waals surface area contributed by atoms with Crippen molar-refractivity contribution in [1.82, 2.24) is 5.32 Å². The maximum absolute atomic E-state index is 11.0. The van der Waals surface area contributed by atoms with Gasteiger partial charge in [-0.2, -0.15) is 0 Å². The lowest BCUT2D eigenvalue weighted by Gasteiger charge is -2.29. The van der Waals surface area contributed by atoms with Gasteiger partial charge in [0.15, 0.2) is 0 Å². The maximum atomic E-state index is 11.0. The number of hydrogen-bond donors (Lipinski definition) is 2. The molecule has 0 bridgehead atoms. The Hall–Kier alpha value is -1.35. The third kappa shape index (κ3) is 6.39. The molecule has 3 N–H and O–H groups in total. The van der Waals surface area contributed by atoms with Crippen molar-refractivity contribution in [2.45, 2.75) is 52.6 Å². The van der Waals surface area contributed by atoms with Crippen molar-refractivity contribution in [3.05, 3.63) is 35.9 Å². The zero-order valence-corrected chi connectivity index (χ0v) is 12.4. The standard InChI is InChI=1S/C16H26N2O/c1-12(10-15(17)19)18-14(11-16(2,3)4)13-8-6-5-7-9-13/h5-9,12,14,18H,10-11H2,1-4H3,(H2,17,19). The summed E-state index contributed by atoms with van der Waals surface area (Å²) in [6.07, 6.45) is 1.38. The first-order chi connectivity index (χ1) is 8.78. The van der Waals surface area contributed by atoms with E-state index in [1.165, 1.54) is 5.56 Å². The van der Waals surface area contributed by atoms with Gasteiger partial charge in [-0.3, -0.25) is 4.79 Å². The van der Waals surface area contributed by atoms with Crippen molar-refractivity contribution >= 4 is 5.91 Å². The molecule has 1 aromatic carbocycles. The Morgan fingerprint density at radius 3 is 2.32 bits per heavy atom. The zero-order chi connectivity index (χ0) is 14.5. The predicted octanol–water partition coefficient (Wildman–Crippen LogP) is 3.02. The van der Waals surface area contributed by atoms with E-state index in [1.54, 1.807) is 0 Å². The second-order valence-electron chi connectivity index (χ2n) is 6.47. The number of carbonyl (C=O) groups is 1. The lowest BCUT2D eigenvalue weighted by Crippen LogP contribution is -2.35. The van der Waals surface area contributed by atoms with Gasteiger partial charge in [0.05, 0.1) is 0 Å². The highest BCUT2D eigenvalue weighted by molar-refractivity contribution is 5.74. The van der Waals surface area contributed by atoms with E-state index in [9.17, 15) is 4.79 Å². The third-order valence-corrected chi connectivity index (χ3v) is 3.01. The van der Waals surface area contributed by atoms with E-state index in [4.69, 9.17) is 5.73 Å². The van der Waals surface area contributed by atoms with Crippen molar-refractivity contribution in [2.24, 2.45) is 11.1 Å².